The Bertz CT molecular complexity index is 39.2. The molecule has 0 bridgehead atoms. The lowest BCUT2D eigenvalue weighted by Gasteiger charge is -2.05. The van der Waals surface area contributed by atoms with Gasteiger partial charge in [0.25, 0.3) is 0 Å². The molecule has 0 radical (unpaired) electrons. The number of methoxy groups -OCH3 is 1. The van der Waals surface area contributed by atoms with Crippen LogP contribution in [0.4, 0.5) is 0 Å². The van der Waals surface area contributed by atoms with Crippen LogP contribution >= 0.6 is 0 Å². The third-order valence-electron chi connectivity index (χ3n) is 0.554. The molecule has 0 aromatic rings. The predicted octanol–water partition coefficient (Wildman–Crippen LogP) is -1.32. The van der Waals surface area contributed by atoms with Crippen molar-refractivity contribution in [1.82, 2.24) is 5.12 Å². The van der Waals surface area contributed by atoms with E-state index in [-0.39, 0.29) is 0 Å². The van der Waals surface area contributed by atoms with Crippen LogP contribution < -0.4 is 11.7 Å². The molecule has 0 aromatic carbocycles. The van der Waals surface area contributed by atoms with Crippen molar-refractivity contribution in [1.29, 1.82) is 0 Å². The normalized spacial score (nSPS) is 10.3. The van der Waals surface area contributed by atoms with Gasteiger partial charge in [-0.15, -0.1) is 0 Å². The van der Waals surface area contributed by atoms with Crippen molar-refractivity contribution < 1.29 is 4.74 Å². The highest BCUT2D eigenvalue weighted by molar-refractivity contribution is 4.30. The third-order valence-corrected chi connectivity index (χ3v) is 0.554. The maximum absolute atomic E-state index is 5.01. The first kappa shape index (κ1) is 6.84. The number of nitrogens with zero attached hydrogens (tertiary/aromatic N) is 1. The maximum atomic E-state index is 5.01. The van der Waals surface area contributed by atoms with Crippen LogP contribution in [-0.2, 0) is 4.74 Å². The van der Waals surface area contributed by atoms with Gasteiger partial charge >= 0.3 is 0 Å². The van der Waals surface area contributed by atoms with Crippen molar-refractivity contribution in [3.63, 3.8) is 0 Å². The fourth-order valence-corrected chi connectivity index (χ4v) is 0.197. The van der Waals surface area contributed by atoms with Gasteiger partial charge in [0.1, 0.15) is 0 Å². The minimum atomic E-state index is 0.566. The fourth-order valence-electron chi connectivity index (χ4n) is 0.197. The zero-order chi connectivity index (χ0) is 5.70. The molecule has 0 aromatic heterocycles. The van der Waals surface area contributed by atoms with Gasteiger partial charge in [-0.3, -0.25) is 11.7 Å². The molecule has 0 heterocycles. The molecule has 0 aliphatic rings. The molecule has 0 unspecified atom stereocenters. The number of nitrogens with two attached hydrogens (primary N) is 2. The summed E-state index contributed by atoms with van der Waals surface area (Å²) in [6.07, 6.45) is 0. The Morgan fingerprint density at radius 3 is 2.29 bits per heavy atom. The Balaban J connectivity index is 2.68. The van der Waals surface area contributed by atoms with Crippen molar-refractivity contribution in [3.8, 4) is 0 Å². The standard InChI is InChI=1S/C3H11N3O/c1-7-3-2-6(4)5/h2-5H2,1H3. The molecule has 0 saturated heterocycles. The molecular weight excluding hydrogens is 94.1 g/mol. The van der Waals surface area contributed by atoms with Crippen molar-refractivity contribution in [2.45, 2.75) is 0 Å². The zero-order valence-electron chi connectivity index (χ0n) is 4.42. The van der Waals surface area contributed by atoms with Crippen LogP contribution in [0.2, 0.25) is 0 Å². The van der Waals surface area contributed by atoms with Crippen molar-refractivity contribution in [3.05, 3.63) is 0 Å². The summed E-state index contributed by atoms with van der Waals surface area (Å²) < 4.78 is 4.65. The lowest BCUT2D eigenvalue weighted by atomic mass is 10.7. The van der Waals surface area contributed by atoms with Crippen LogP contribution in [0, 0.1) is 0 Å². The lowest BCUT2D eigenvalue weighted by molar-refractivity contribution is 0.149. The first-order chi connectivity index (χ1) is 3.27. The van der Waals surface area contributed by atoms with Crippen LogP contribution in [-0.4, -0.2) is 25.4 Å². The molecule has 0 rings (SSSR count). The van der Waals surface area contributed by atoms with E-state index in [9.17, 15) is 0 Å². The summed E-state index contributed by atoms with van der Waals surface area (Å²) in [4.78, 5) is 0. The minimum Gasteiger partial charge on any atom is -0.383 e. The molecule has 0 amide bonds. The molecule has 0 aliphatic carbocycles. The first-order valence-corrected chi connectivity index (χ1v) is 2.03. The highest BCUT2D eigenvalue weighted by Crippen LogP contribution is 1.64. The average Bonchev–Trinajstić information content (AvgIpc) is 1.61. The molecule has 4 nitrogen and oxygen atoms in total. The van der Waals surface area contributed by atoms with E-state index in [0.717, 1.165) is 5.12 Å². The Labute approximate surface area is 43.0 Å². The quantitative estimate of drug-likeness (QED) is 0.345. The van der Waals surface area contributed by atoms with E-state index in [1.165, 1.54) is 0 Å². The van der Waals surface area contributed by atoms with E-state index in [2.05, 4.69) is 4.74 Å². The summed E-state index contributed by atoms with van der Waals surface area (Å²) in [7, 11) is 1.60. The van der Waals surface area contributed by atoms with Crippen molar-refractivity contribution in [2.24, 2.45) is 11.7 Å². The van der Waals surface area contributed by atoms with Gasteiger partial charge in [0.05, 0.1) is 13.2 Å². The molecule has 0 spiro atoms. The number of hydrazine groups is 2. The SMILES string of the molecule is COCCN(N)N. The van der Waals surface area contributed by atoms with Crippen LogP contribution in [0.15, 0.2) is 0 Å². The third kappa shape index (κ3) is 5.84. The number of ether oxygens (including phenoxy) is 1. The average molecular weight is 105 g/mol. The molecule has 0 aliphatic heterocycles. The van der Waals surface area contributed by atoms with Crippen LogP contribution in [0.3, 0.4) is 0 Å². The van der Waals surface area contributed by atoms with E-state index in [4.69, 9.17) is 11.7 Å². The fraction of sp³-hybridized carbons (Fsp3) is 1.00. The summed E-state index contributed by atoms with van der Waals surface area (Å²) in [5.41, 5.74) is 0. The van der Waals surface area contributed by atoms with Crippen LogP contribution in [0.25, 0.3) is 0 Å². The molecule has 0 fully saturated rings. The largest absolute Gasteiger partial charge is 0.383 e. The summed E-state index contributed by atoms with van der Waals surface area (Å²) in [5, 5.41) is 1.09. The van der Waals surface area contributed by atoms with E-state index in [0.29, 0.717) is 13.2 Å². The van der Waals surface area contributed by atoms with Gasteiger partial charge in [0.2, 0.25) is 0 Å². The van der Waals surface area contributed by atoms with E-state index >= 15 is 0 Å². The van der Waals surface area contributed by atoms with Gasteiger partial charge in [0.15, 0.2) is 0 Å². The van der Waals surface area contributed by atoms with Crippen molar-refractivity contribution >= 4 is 0 Å². The zero-order valence-corrected chi connectivity index (χ0v) is 4.42. The molecule has 4 N–H and O–H groups in total. The summed E-state index contributed by atoms with van der Waals surface area (Å²) >= 11 is 0. The highest BCUT2D eigenvalue weighted by atomic mass is 16.5. The molecule has 7 heavy (non-hydrogen) atoms. The smallest absolute Gasteiger partial charge is 0.0618 e. The molecule has 0 atom stereocenters. The topological polar surface area (TPSA) is 64.5 Å². The summed E-state index contributed by atoms with van der Waals surface area (Å²) in [6, 6.07) is 0. The van der Waals surface area contributed by atoms with Gasteiger partial charge in [-0.2, -0.15) is 5.12 Å². The second kappa shape index (κ2) is 4.01. The van der Waals surface area contributed by atoms with Gasteiger partial charge in [0, 0.05) is 7.11 Å². The number of rotatable bonds is 3. The molecule has 0 saturated carbocycles. The number of hydrogen-bond donors (Lipinski definition) is 2. The Hall–Kier alpha value is -0.160. The Morgan fingerprint density at radius 1 is 1.57 bits per heavy atom. The van der Waals surface area contributed by atoms with Gasteiger partial charge < -0.3 is 4.74 Å². The van der Waals surface area contributed by atoms with E-state index in [1.54, 1.807) is 7.11 Å². The Morgan fingerprint density at radius 2 is 2.14 bits per heavy atom. The molecular formula is C3H11N3O. The van der Waals surface area contributed by atoms with Crippen LogP contribution in [0.5, 0.6) is 0 Å². The summed E-state index contributed by atoms with van der Waals surface area (Å²) in [6.45, 7) is 1.14. The maximum Gasteiger partial charge on any atom is 0.0618 e. The lowest BCUT2D eigenvalue weighted by Crippen LogP contribution is -2.40. The minimum absolute atomic E-state index is 0.566. The van der Waals surface area contributed by atoms with E-state index < -0.39 is 0 Å². The van der Waals surface area contributed by atoms with Gasteiger partial charge in [-0.05, 0) is 0 Å². The Kier molecular flexibility index (Phi) is 3.92. The van der Waals surface area contributed by atoms with Gasteiger partial charge in [-0.25, -0.2) is 0 Å². The van der Waals surface area contributed by atoms with E-state index in [1.807, 2.05) is 0 Å². The number of hydrogen-bond acceptors (Lipinski definition) is 4. The van der Waals surface area contributed by atoms with Gasteiger partial charge in [-0.1, -0.05) is 0 Å². The molecule has 44 valence electrons. The van der Waals surface area contributed by atoms with Crippen molar-refractivity contribution in [2.75, 3.05) is 20.3 Å². The second-order valence-electron chi connectivity index (χ2n) is 1.23. The highest BCUT2D eigenvalue weighted by Gasteiger charge is 1.84. The predicted molar refractivity (Wildman–Crippen MR) is 27.0 cm³/mol. The molecule has 4 heteroatoms. The summed E-state index contributed by atoms with van der Waals surface area (Å²) in [5.74, 6) is 10.0. The first-order valence-electron chi connectivity index (χ1n) is 2.03. The van der Waals surface area contributed by atoms with Crippen LogP contribution in [0.1, 0.15) is 0 Å². The monoisotopic (exact) mass is 105 g/mol. The second-order valence-corrected chi connectivity index (χ2v) is 1.23.